The van der Waals surface area contributed by atoms with Gasteiger partial charge < -0.3 is 14.7 Å². The van der Waals surface area contributed by atoms with E-state index in [9.17, 15) is 0 Å². The Morgan fingerprint density at radius 3 is 2.56 bits per heavy atom. The van der Waals surface area contributed by atoms with Crippen molar-refractivity contribution in [2.75, 3.05) is 72.0 Å². The van der Waals surface area contributed by atoms with Crippen molar-refractivity contribution in [2.24, 2.45) is 4.99 Å². The lowest BCUT2D eigenvalue weighted by atomic mass is 10.1. The highest BCUT2D eigenvalue weighted by molar-refractivity contribution is 5.80. The van der Waals surface area contributed by atoms with Gasteiger partial charge in [-0.05, 0) is 13.8 Å². The Balaban J connectivity index is 1.30. The minimum Gasteiger partial charge on any atom is -0.361 e. The maximum Gasteiger partial charge on any atom is 0.194 e. The van der Waals surface area contributed by atoms with Gasteiger partial charge in [-0.3, -0.25) is 19.7 Å². The third-order valence-electron chi connectivity index (χ3n) is 5.91. The van der Waals surface area contributed by atoms with E-state index in [1.54, 1.807) is 0 Å². The fraction of sp³-hybridized carbons (Fsp3) is 0.789. The first kappa shape index (κ1) is 18.7. The number of piperazine rings is 4. The third-order valence-corrected chi connectivity index (χ3v) is 5.91. The summed E-state index contributed by atoms with van der Waals surface area (Å²) in [6.07, 6.45) is 0. The number of rotatable bonds is 5. The number of guanidine groups is 1. The topological polar surface area (TPSA) is 63.4 Å². The molecule has 1 N–H and O–H groups in total. The molecule has 0 spiro atoms. The van der Waals surface area contributed by atoms with Crippen LogP contribution in [0.25, 0.3) is 0 Å². The number of fused-ring (bicyclic) bond motifs is 3. The number of aryl methyl sites for hydroxylation is 1. The number of aliphatic imine (C=N–C) groups is 1. The van der Waals surface area contributed by atoms with Gasteiger partial charge in [-0.2, -0.15) is 0 Å². The summed E-state index contributed by atoms with van der Waals surface area (Å²) in [7, 11) is 0. The minimum absolute atomic E-state index is 0.581. The first-order valence-electron chi connectivity index (χ1n) is 10.4. The second-order valence-electron chi connectivity index (χ2n) is 7.88. The summed E-state index contributed by atoms with van der Waals surface area (Å²) in [5, 5.41) is 7.62. The lowest BCUT2D eigenvalue weighted by molar-refractivity contribution is 0.0173. The van der Waals surface area contributed by atoms with E-state index in [1.807, 2.05) is 13.0 Å². The van der Waals surface area contributed by atoms with Crippen LogP contribution in [-0.4, -0.2) is 109 Å². The van der Waals surface area contributed by atoms with E-state index in [2.05, 4.69) is 37.0 Å². The van der Waals surface area contributed by atoms with E-state index in [-0.39, 0.29) is 0 Å². The zero-order valence-electron chi connectivity index (χ0n) is 16.7. The van der Waals surface area contributed by atoms with Gasteiger partial charge in [0.1, 0.15) is 5.76 Å². The summed E-state index contributed by atoms with van der Waals surface area (Å²) in [5.74, 6) is 1.96. The molecule has 27 heavy (non-hydrogen) atoms. The van der Waals surface area contributed by atoms with Gasteiger partial charge in [0, 0.05) is 84.1 Å². The third kappa shape index (κ3) is 4.62. The van der Waals surface area contributed by atoms with Crippen molar-refractivity contribution in [1.82, 2.24) is 30.1 Å². The maximum absolute atomic E-state index is 5.18. The monoisotopic (exact) mass is 375 g/mol. The first-order valence-corrected chi connectivity index (χ1v) is 10.4. The van der Waals surface area contributed by atoms with E-state index in [1.165, 1.54) is 32.7 Å². The lowest BCUT2D eigenvalue weighted by Crippen LogP contribution is -2.62. The molecular weight excluding hydrogens is 342 g/mol. The standard InChI is InChI=1S/C19H33N7O/c1-3-20-19(21-13-18-15-24-4-8-25(18)9-5-24)26-10-6-23(7-11-26)14-17-12-16(2)27-22-17/h12,18H,3-11,13-15H2,1-2H3,(H,20,21). The molecule has 1 aromatic rings. The largest absolute Gasteiger partial charge is 0.361 e. The SMILES string of the molecule is CCNC(=NCC1CN2CCN1CC2)N1CCN(Cc2cc(C)on2)CC1. The predicted octanol–water partition coefficient (Wildman–Crippen LogP) is 0.0659. The number of hydrogen-bond acceptors (Lipinski definition) is 6. The molecule has 2 bridgehead atoms. The number of hydrogen-bond donors (Lipinski definition) is 1. The lowest BCUT2D eigenvalue weighted by Gasteiger charge is -2.47. The Morgan fingerprint density at radius 2 is 1.96 bits per heavy atom. The molecule has 5 rings (SSSR count). The second-order valence-corrected chi connectivity index (χ2v) is 7.88. The van der Waals surface area contributed by atoms with Crippen molar-refractivity contribution < 1.29 is 4.52 Å². The van der Waals surface area contributed by atoms with Crippen LogP contribution >= 0.6 is 0 Å². The summed E-state index contributed by atoms with van der Waals surface area (Å²) < 4.78 is 5.18. The molecule has 0 aromatic carbocycles. The number of nitrogens with one attached hydrogen (secondary N) is 1. The highest BCUT2D eigenvalue weighted by Crippen LogP contribution is 2.16. The molecule has 0 amide bonds. The molecule has 0 aliphatic carbocycles. The zero-order chi connectivity index (χ0) is 18.6. The molecule has 1 aromatic heterocycles. The van der Waals surface area contributed by atoms with Gasteiger partial charge in [-0.25, -0.2) is 0 Å². The van der Waals surface area contributed by atoms with Crippen LogP contribution in [0.5, 0.6) is 0 Å². The minimum atomic E-state index is 0.581. The average Bonchev–Trinajstić information content (AvgIpc) is 3.11. The Hall–Kier alpha value is -1.64. The average molecular weight is 376 g/mol. The normalized spacial score (nSPS) is 29.3. The van der Waals surface area contributed by atoms with E-state index < -0.39 is 0 Å². The molecule has 5 heterocycles. The fourth-order valence-electron chi connectivity index (χ4n) is 4.35. The van der Waals surface area contributed by atoms with Crippen LogP contribution in [0.2, 0.25) is 0 Å². The summed E-state index contributed by atoms with van der Waals surface area (Å²) in [4.78, 5) is 15.1. The molecule has 4 aliphatic heterocycles. The van der Waals surface area contributed by atoms with Gasteiger partial charge in [0.2, 0.25) is 0 Å². The van der Waals surface area contributed by atoms with Gasteiger partial charge >= 0.3 is 0 Å². The van der Waals surface area contributed by atoms with Crippen LogP contribution in [0.4, 0.5) is 0 Å². The maximum atomic E-state index is 5.18. The number of aromatic nitrogens is 1. The Labute approximate surface area is 162 Å². The molecular formula is C19H33N7O. The highest BCUT2D eigenvalue weighted by Gasteiger charge is 2.31. The van der Waals surface area contributed by atoms with Crippen LogP contribution in [0.3, 0.4) is 0 Å². The predicted molar refractivity (Wildman–Crippen MR) is 106 cm³/mol. The Kier molecular flexibility index (Phi) is 5.95. The molecule has 0 radical (unpaired) electrons. The zero-order valence-corrected chi connectivity index (χ0v) is 16.7. The van der Waals surface area contributed by atoms with Crippen LogP contribution in [0, 0.1) is 6.92 Å². The summed E-state index contributed by atoms with van der Waals surface area (Å²) >= 11 is 0. The molecule has 4 saturated heterocycles. The Morgan fingerprint density at radius 1 is 1.19 bits per heavy atom. The van der Waals surface area contributed by atoms with Crippen molar-refractivity contribution in [2.45, 2.75) is 26.4 Å². The summed E-state index contributed by atoms with van der Waals surface area (Å²) in [6, 6.07) is 2.61. The van der Waals surface area contributed by atoms with Gasteiger partial charge in [0.25, 0.3) is 0 Å². The summed E-state index contributed by atoms with van der Waals surface area (Å²) in [6.45, 7) is 16.9. The number of nitrogens with zero attached hydrogens (tertiary/aromatic N) is 6. The molecule has 4 aliphatic rings. The van der Waals surface area contributed by atoms with Crippen molar-refractivity contribution >= 4 is 5.96 Å². The quantitative estimate of drug-likeness (QED) is 0.577. The van der Waals surface area contributed by atoms with Crippen molar-refractivity contribution in [3.05, 3.63) is 17.5 Å². The smallest absolute Gasteiger partial charge is 0.194 e. The van der Waals surface area contributed by atoms with E-state index in [0.29, 0.717) is 6.04 Å². The van der Waals surface area contributed by atoms with Gasteiger partial charge in [0.05, 0.1) is 12.2 Å². The fourth-order valence-corrected chi connectivity index (χ4v) is 4.35. The van der Waals surface area contributed by atoms with E-state index in [4.69, 9.17) is 9.52 Å². The molecule has 4 fully saturated rings. The Bertz CT molecular complexity index is 630. The highest BCUT2D eigenvalue weighted by atomic mass is 16.5. The molecule has 1 unspecified atom stereocenters. The van der Waals surface area contributed by atoms with Crippen molar-refractivity contribution in [3.63, 3.8) is 0 Å². The van der Waals surface area contributed by atoms with E-state index in [0.717, 1.165) is 63.2 Å². The summed E-state index contributed by atoms with van der Waals surface area (Å²) in [5.41, 5.74) is 1.03. The second kappa shape index (κ2) is 8.58. The van der Waals surface area contributed by atoms with E-state index >= 15 is 0 Å². The molecule has 1 atom stereocenters. The van der Waals surface area contributed by atoms with Gasteiger partial charge in [-0.15, -0.1) is 0 Å². The first-order chi connectivity index (χ1) is 13.2. The van der Waals surface area contributed by atoms with Crippen molar-refractivity contribution in [3.8, 4) is 0 Å². The molecule has 8 heteroatoms. The van der Waals surface area contributed by atoms with Crippen LogP contribution in [0.15, 0.2) is 15.6 Å². The van der Waals surface area contributed by atoms with Gasteiger partial charge in [0.15, 0.2) is 5.96 Å². The van der Waals surface area contributed by atoms with Gasteiger partial charge in [-0.1, -0.05) is 5.16 Å². The van der Waals surface area contributed by atoms with Crippen molar-refractivity contribution in [1.29, 1.82) is 0 Å². The molecule has 0 saturated carbocycles. The van der Waals surface area contributed by atoms with Crippen LogP contribution < -0.4 is 5.32 Å². The molecule has 150 valence electrons. The van der Waals surface area contributed by atoms with Crippen LogP contribution in [0.1, 0.15) is 18.4 Å². The van der Waals surface area contributed by atoms with Crippen LogP contribution in [-0.2, 0) is 6.54 Å². The molecule has 8 nitrogen and oxygen atoms in total.